The SMILES string of the molecule is CC1(CCO)CN(Cc2ccccc2O)C(=O)O1. The van der Waals surface area contributed by atoms with E-state index in [0.717, 1.165) is 0 Å². The van der Waals surface area contributed by atoms with Gasteiger partial charge < -0.3 is 14.9 Å². The predicted octanol–water partition coefficient (Wildman–Crippen LogP) is 1.49. The zero-order valence-corrected chi connectivity index (χ0v) is 10.3. The molecule has 0 aliphatic carbocycles. The van der Waals surface area contributed by atoms with Gasteiger partial charge in [0.05, 0.1) is 13.1 Å². The fourth-order valence-electron chi connectivity index (χ4n) is 2.11. The molecule has 1 heterocycles. The second-order valence-electron chi connectivity index (χ2n) is 4.78. The van der Waals surface area contributed by atoms with E-state index >= 15 is 0 Å². The number of hydrogen-bond acceptors (Lipinski definition) is 4. The standard InChI is InChI=1S/C13H17NO4/c1-13(6-7-15)9-14(12(17)18-13)8-10-4-2-3-5-11(10)16/h2-5,15-16H,6-9H2,1H3. The van der Waals surface area contributed by atoms with Crippen LogP contribution in [0.1, 0.15) is 18.9 Å². The smallest absolute Gasteiger partial charge is 0.410 e. The number of rotatable bonds is 4. The van der Waals surface area contributed by atoms with Crippen molar-refractivity contribution in [3.05, 3.63) is 29.8 Å². The number of aromatic hydroxyl groups is 1. The molecule has 5 nitrogen and oxygen atoms in total. The molecule has 18 heavy (non-hydrogen) atoms. The van der Waals surface area contributed by atoms with Crippen molar-refractivity contribution >= 4 is 6.09 Å². The van der Waals surface area contributed by atoms with Gasteiger partial charge in [-0.1, -0.05) is 18.2 Å². The van der Waals surface area contributed by atoms with Crippen LogP contribution in [0.5, 0.6) is 5.75 Å². The number of aliphatic hydroxyl groups excluding tert-OH is 1. The molecule has 1 amide bonds. The highest BCUT2D eigenvalue weighted by Crippen LogP contribution is 2.28. The molecule has 1 saturated heterocycles. The molecular weight excluding hydrogens is 234 g/mol. The van der Waals surface area contributed by atoms with Gasteiger partial charge in [-0.05, 0) is 13.0 Å². The van der Waals surface area contributed by atoms with Crippen LogP contribution in [0.4, 0.5) is 4.79 Å². The number of phenols is 1. The quantitative estimate of drug-likeness (QED) is 0.850. The number of cyclic esters (lactones) is 1. The summed E-state index contributed by atoms with van der Waals surface area (Å²) in [6.45, 7) is 2.51. The molecular formula is C13H17NO4. The minimum Gasteiger partial charge on any atom is -0.508 e. The monoisotopic (exact) mass is 251 g/mol. The van der Waals surface area contributed by atoms with Gasteiger partial charge in [0.15, 0.2) is 0 Å². The Bertz CT molecular complexity index is 448. The van der Waals surface area contributed by atoms with Crippen LogP contribution in [0.2, 0.25) is 0 Å². The van der Waals surface area contributed by atoms with Gasteiger partial charge in [-0.25, -0.2) is 4.79 Å². The van der Waals surface area contributed by atoms with Crippen molar-refractivity contribution in [3.8, 4) is 5.75 Å². The molecule has 1 fully saturated rings. The van der Waals surface area contributed by atoms with Gasteiger partial charge >= 0.3 is 6.09 Å². The minimum atomic E-state index is -0.643. The zero-order chi connectivity index (χ0) is 13.2. The number of hydrogen-bond donors (Lipinski definition) is 2. The zero-order valence-electron chi connectivity index (χ0n) is 10.3. The second-order valence-corrected chi connectivity index (χ2v) is 4.78. The van der Waals surface area contributed by atoms with Crippen LogP contribution in [-0.2, 0) is 11.3 Å². The van der Waals surface area contributed by atoms with E-state index in [2.05, 4.69) is 0 Å². The normalized spacial score (nSPS) is 23.2. The Hall–Kier alpha value is -1.75. The first kappa shape index (κ1) is 12.7. The van der Waals surface area contributed by atoms with Crippen molar-refractivity contribution < 1.29 is 19.7 Å². The predicted molar refractivity (Wildman–Crippen MR) is 65.1 cm³/mol. The molecule has 1 aliphatic heterocycles. The molecule has 0 bridgehead atoms. The summed E-state index contributed by atoms with van der Waals surface area (Å²) in [4.78, 5) is 13.3. The van der Waals surface area contributed by atoms with Crippen molar-refractivity contribution in [1.29, 1.82) is 0 Å². The van der Waals surface area contributed by atoms with Crippen molar-refractivity contribution in [3.63, 3.8) is 0 Å². The van der Waals surface area contributed by atoms with Crippen LogP contribution < -0.4 is 0 Å². The van der Waals surface area contributed by atoms with Crippen LogP contribution in [0, 0.1) is 0 Å². The van der Waals surface area contributed by atoms with Crippen molar-refractivity contribution in [1.82, 2.24) is 4.90 Å². The third kappa shape index (κ3) is 2.56. The average molecular weight is 251 g/mol. The Morgan fingerprint density at radius 1 is 1.44 bits per heavy atom. The number of nitrogens with zero attached hydrogens (tertiary/aromatic N) is 1. The molecule has 0 saturated carbocycles. The summed E-state index contributed by atoms with van der Waals surface area (Å²) in [5.41, 5.74) is 0.0404. The number of amides is 1. The van der Waals surface area contributed by atoms with E-state index in [0.29, 0.717) is 25.1 Å². The summed E-state index contributed by atoms with van der Waals surface area (Å²) in [7, 11) is 0. The van der Waals surface area contributed by atoms with E-state index in [9.17, 15) is 9.90 Å². The third-order valence-electron chi connectivity index (χ3n) is 3.11. The molecule has 5 heteroatoms. The number of benzene rings is 1. The Morgan fingerprint density at radius 3 is 2.83 bits per heavy atom. The Morgan fingerprint density at radius 2 is 2.17 bits per heavy atom. The van der Waals surface area contributed by atoms with Crippen LogP contribution in [0.15, 0.2) is 24.3 Å². The first-order valence-electron chi connectivity index (χ1n) is 5.90. The lowest BCUT2D eigenvalue weighted by Crippen LogP contribution is -2.32. The topological polar surface area (TPSA) is 70.0 Å². The lowest BCUT2D eigenvalue weighted by atomic mass is 10.0. The lowest BCUT2D eigenvalue weighted by Gasteiger charge is -2.20. The van der Waals surface area contributed by atoms with Gasteiger partial charge in [0.2, 0.25) is 0 Å². The molecule has 98 valence electrons. The maximum absolute atomic E-state index is 11.7. The fraction of sp³-hybridized carbons (Fsp3) is 0.462. The second kappa shape index (κ2) is 4.86. The number of carbonyl (C=O) groups excluding carboxylic acids is 1. The molecule has 2 rings (SSSR count). The third-order valence-corrected chi connectivity index (χ3v) is 3.11. The first-order chi connectivity index (χ1) is 8.54. The van der Waals surface area contributed by atoms with E-state index < -0.39 is 11.7 Å². The number of para-hydroxylation sites is 1. The van der Waals surface area contributed by atoms with E-state index in [4.69, 9.17) is 9.84 Å². The maximum Gasteiger partial charge on any atom is 0.410 e. The van der Waals surface area contributed by atoms with Crippen molar-refractivity contribution in [2.75, 3.05) is 13.2 Å². The number of aliphatic hydroxyl groups is 1. The first-order valence-corrected chi connectivity index (χ1v) is 5.90. The molecule has 0 spiro atoms. The Labute approximate surface area is 106 Å². The van der Waals surface area contributed by atoms with Crippen molar-refractivity contribution in [2.45, 2.75) is 25.5 Å². The van der Waals surface area contributed by atoms with Gasteiger partial charge in [0.25, 0.3) is 0 Å². The Balaban J connectivity index is 2.07. The molecule has 1 aliphatic rings. The maximum atomic E-state index is 11.7. The highest BCUT2D eigenvalue weighted by atomic mass is 16.6. The van der Waals surface area contributed by atoms with Gasteiger partial charge in [-0.3, -0.25) is 4.90 Å². The lowest BCUT2D eigenvalue weighted by molar-refractivity contribution is 0.0501. The van der Waals surface area contributed by atoms with Gasteiger partial charge in [-0.2, -0.15) is 0 Å². The van der Waals surface area contributed by atoms with Crippen LogP contribution in [0.25, 0.3) is 0 Å². The summed E-state index contributed by atoms with van der Waals surface area (Å²) >= 11 is 0. The summed E-state index contributed by atoms with van der Waals surface area (Å²) in [5.74, 6) is 0.168. The van der Waals surface area contributed by atoms with Crippen LogP contribution in [-0.4, -0.2) is 40.0 Å². The molecule has 1 aromatic rings. The van der Waals surface area contributed by atoms with E-state index in [1.54, 1.807) is 25.1 Å². The number of carbonyl (C=O) groups is 1. The largest absolute Gasteiger partial charge is 0.508 e. The van der Waals surface area contributed by atoms with E-state index in [-0.39, 0.29) is 12.4 Å². The molecule has 1 unspecified atom stereocenters. The Kier molecular flexibility index (Phi) is 3.43. The summed E-state index contributed by atoms with van der Waals surface area (Å²) < 4.78 is 5.26. The molecule has 1 atom stereocenters. The molecule has 0 aromatic heterocycles. The molecule has 1 aromatic carbocycles. The average Bonchev–Trinajstić information content (AvgIpc) is 2.57. The summed E-state index contributed by atoms with van der Waals surface area (Å²) in [5, 5.41) is 18.6. The number of ether oxygens (including phenoxy) is 1. The van der Waals surface area contributed by atoms with Gasteiger partial charge in [-0.15, -0.1) is 0 Å². The number of phenolic OH excluding ortho intramolecular Hbond substituents is 1. The van der Waals surface area contributed by atoms with Gasteiger partial charge in [0, 0.05) is 18.6 Å². The van der Waals surface area contributed by atoms with Crippen molar-refractivity contribution in [2.24, 2.45) is 0 Å². The summed E-state index contributed by atoms with van der Waals surface area (Å²) in [6.07, 6.45) is 0.00456. The highest BCUT2D eigenvalue weighted by molar-refractivity contribution is 5.70. The van der Waals surface area contributed by atoms with Crippen LogP contribution >= 0.6 is 0 Å². The highest BCUT2D eigenvalue weighted by Gasteiger charge is 2.40. The molecule has 2 N–H and O–H groups in total. The van der Waals surface area contributed by atoms with E-state index in [1.807, 2.05) is 6.07 Å². The minimum absolute atomic E-state index is 0.0196. The fourth-order valence-corrected chi connectivity index (χ4v) is 2.11. The van der Waals surface area contributed by atoms with Gasteiger partial charge in [0.1, 0.15) is 11.4 Å². The van der Waals surface area contributed by atoms with Crippen LogP contribution in [0.3, 0.4) is 0 Å². The molecule has 0 radical (unpaired) electrons. The van der Waals surface area contributed by atoms with E-state index in [1.165, 1.54) is 4.90 Å². The summed E-state index contributed by atoms with van der Waals surface area (Å²) in [6, 6.07) is 6.90.